The molecule has 1 amide bonds. The van der Waals surface area contributed by atoms with Gasteiger partial charge in [0, 0.05) is 12.1 Å². The van der Waals surface area contributed by atoms with Crippen LogP contribution >= 0.6 is 11.6 Å². The third-order valence-electron chi connectivity index (χ3n) is 3.59. The van der Waals surface area contributed by atoms with Crippen molar-refractivity contribution in [2.75, 3.05) is 13.2 Å². The fourth-order valence-electron chi connectivity index (χ4n) is 2.34. The van der Waals surface area contributed by atoms with Gasteiger partial charge in [0.05, 0.1) is 10.6 Å². The Labute approximate surface area is 146 Å². The molecular weight excluding hydrogens is 359 g/mol. The van der Waals surface area contributed by atoms with Crippen LogP contribution in [0.3, 0.4) is 0 Å². The molecule has 0 unspecified atom stereocenters. The second-order valence-corrected chi connectivity index (χ2v) is 5.77. The summed E-state index contributed by atoms with van der Waals surface area (Å²) in [6, 6.07) is 7.56. The second kappa shape index (κ2) is 6.84. The van der Waals surface area contributed by atoms with E-state index >= 15 is 0 Å². The van der Waals surface area contributed by atoms with Crippen LogP contribution in [0.4, 0.5) is 13.2 Å². The predicted octanol–water partition coefficient (Wildman–Crippen LogP) is 4.06. The number of rotatable bonds is 3. The number of carbonyl (C=O) groups is 1. The molecule has 1 N–H and O–H groups in total. The van der Waals surface area contributed by atoms with E-state index in [0.717, 1.165) is 12.1 Å². The Bertz CT molecular complexity index is 791. The lowest BCUT2D eigenvalue weighted by Crippen LogP contribution is -2.23. The fraction of sp³-hybridized carbons (Fsp3) is 0.235. The topological polar surface area (TPSA) is 47.6 Å². The van der Waals surface area contributed by atoms with Gasteiger partial charge in [-0.25, -0.2) is 0 Å². The molecule has 0 fully saturated rings. The molecular formula is C17H13ClF3NO3. The van der Waals surface area contributed by atoms with Crippen LogP contribution in [0.1, 0.15) is 21.5 Å². The summed E-state index contributed by atoms with van der Waals surface area (Å²) in [5.41, 5.74) is 0.0901. The SMILES string of the molecule is O=C(NCc1ccc(C(F)(F)F)cc1)c1cc(Cl)c2c(c1)OCCO2. The highest BCUT2D eigenvalue weighted by atomic mass is 35.5. The Hall–Kier alpha value is -2.41. The van der Waals surface area contributed by atoms with Crippen molar-refractivity contribution in [3.05, 3.63) is 58.1 Å². The molecule has 0 aromatic heterocycles. The highest BCUT2D eigenvalue weighted by Crippen LogP contribution is 2.38. The molecule has 2 aromatic rings. The smallest absolute Gasteiger partial charge is 0.416 e. The van der Waals surface area contributed by atoms with Gasteiger partial charge in [0.1, 0.15) is 13.2 Å². The van der Waals surface area contributed by atoms with Crippen molar-refractivity contribution in [1.29, 1.82) is 0 Å². The van der Waals surface area contributed by atoms with Crippen LogP contribution in [0.5, 0.6) is 11.5 Å². The number of halogens is 4. The van der Waals surface area contributed by atoms with E-state index in [1.165, 1.54) is 24.3 Å². The largest absolute Gasteiger partial charge is 0.486 e. The first-order valence-corrected chi connectivity index (χ1v) is 7.76. The minimum atomic E-state index is -4.39. The lowest BCUT2D eigenvalue weighted by Gasteiger charge is -2.20. The fourth-order valence-corrected chi connectivity index (χ4v) is 2.60. The van der Waals surface area contributed by atoms with Crippen molar-refractivity contribution in [3.8, 4) is 11.5 Å². The van der Waals surface area contributed by atoms with Gasteiger partial charge >= 0.3 is 6.18 Å². The van der Waals surface area contributed by atoms with Crippen molar-refractivity contribution in [2.45, 2.75) is 12.7 Å². The number of alkyl halides is 3. The Morgan fingerprint density at radius 3 is 2.48 bits per heavy atom. The van der Waals surface area contributed by atoms with Crippen LogP contribution in [-0.2, 0) is 12.7 Å². The van der Waals surface area contributed by atoms with Crippen molar-refractivity contribution in [3.63, 3.8) is 0 Å². The van der Waals surface area contributed by atoms with Crippen molar-refractivity contribution in [2.24, 2.45) is 0 Å². The number of hydrogen-bond acceptors (Lipinski definition) is 3. The normalized spacial score (nSPS) is 13.4. The van der Waals surface area contributed by atoms with E-state index in [-0.39, 0.29) is 17.1 Å². The molecule has 0 saturated carbocycles. The van der Waals surface area contributed by atoms with Gasteiger partial charge in [-0.1, -0.05) is 23.7 Å². The summed E-state index contributed by atoms with van der Waals surface area (Å²) in [6.07, 6.45) is -4.39. The highest BCUT2D eigenvalue weighted by Gasteiger charge is 2.29. The summed E-state index contributed by atoms with van der Waals surface area (Å²) >= 11 is 6.08. The molecule has 1 aliphatic rings. The van der Waals surface area contributed by atoms with Crippen molar-refractivity contribution < 1.29 is 27.4 Å². The molecule has 0 radical (unpaired) electrons. The Morgan fingerprint density at radius 1 is 1.12 bits per heavy atom. The van der Waals surface area contributed by atoms with E-state index in [1.54, 1.807) is 0 Å². The van der Waals surface area contributed by atoms with Crippen LogP contribution in [0.2, 0.25) is 5.02 Å². The maximum absolute atomic E-state index is 12.5. The number of hydrogen-bond donors (Lipinski definition) is 1. The third-order valence-corrected chi connectivity index (χ3v) is 3.87. The standard InChI is InChI=1S/C17H13ClF3NO3/c18-13-7-11(8-14-15(13)25-6-5-24-14)16(23)22-9-10-1-3-12(4-2-10)17(19,20)21/h1-4,7-8H,5-6,9H2,(H,22,23). The predicted molar refractivity (Wildman–Crippen MR) is 85.1 cm³/mol. The first-order chi connectivity index (χ1) is 11.8. The number of carbonyl (C=O) groups excluding carboxylic acids is 1. The number of ether oxygens (including phenoxy) is 2. The first-order valence-electron chi connectivity index (χ1n) is 7.38. The van der Waals surface area contributed by atoms with Crippen LogP contribution < -0.4 is 14.8 Å². The monoisotopic (exact) mass is 371 g/mol. The highest BCUT2D eigenvalue weighted by molar-refractivity contribution is 6.32. The van der Waals surface area contributed by atoms with Gasteiger partial charge in [0.25, 0.3) is 5.91 Å². The van der Waals surface area contributed by atoms with Gasteiger partial charge in [0.2, 0.25) is 0 Å². The van der Waals surface area contributed by atoms with E-state index in [2.05, 4.69) is 5.32 Å². The molecule has 3 rings (SSSR count). The van der Waals surface area contributed by atoms with E-state index in [9.17, 15) is 18.0 Å². The summed E-state index contributed by atoms with van der Waals surface area (Å²) in [4.78, 5) is 12.2. The summed E-state index contributed by atoms with van der Waals surface area (Å²) in [5, 5.41) is 2.89. The maximum atomic E-state index is 12.5. The molecule has 132 valence electrons. The minimum absolute atomic E-state index is 0.0863. The minimum Gasteiger partial charge on any atom is -0.486 e. The Morgan fingerprint density at radius 2 is 1.80 bits per heavy atom. The molecule has 4 nitrogen and oxygen atoms in total. The van der Waals surface area contributed by atoms with Crippen molar-refractivity contribution >= 4 is 17.5 Å². The number of amides is 1. The summed E-state index contributed by atoms with van der Waals surface area (Å²) in [7, 11) is 0. The molecule has 1 aliphatic heterocycles. The van der Waals surface area contributed by atoms with Gasteiger partial charge in [-0.3, -0.25) is 4.79 Å². The average molecular weight is 372 g/mol. The molecule has 0 bridgehead atoms. The van der Waals surface area contributed by atoms with Crippen LogP contribution in [-0.4, -0.2) is 19.1 Å². The molecule has 2 aromatic carbocycles. The summed E-state index contributed by atoms with van der Waals surface area (Å²) in [6.45, 7) is 0.829. The number of benzene rings is 2. The first kappa shape index (κ1) is 17.4. The summed E-state index contributed by atoms with van der Waals surface area (Å²) in [5.74, 6) is 0.365. The van der Waals surface area contributed by atoms with E-state index in [1.807, 2.05) is 0 Å². The van der Waals surface area contributed by atoms with Crippen LogP contribution in [0.25, 0.3) is 0 Å². The van der Waals surface area contributed by atoms with Gasteiger partial charge < -0.3 is 14.8 Å². The average Bonchev–Trinajstić information content (AvgIpc) is 2.59. The van der Waals surface area contributed by atoms with Gasteiger partial charge in [0.15, 0.2) is 11.5 Å². The zero-order valence-corrected chi connectivity index (χ0v) is 13.6. The molecule has 0 saturated heterocycles. The lowest BCUT2D eigenvalue weighted by molar-refractivity contribution is -0.137. The molecule has 8 heteroatoms. The van der Waals surface area contributed by atoms with Gasteiger partial charge in [-0.2, -0.15) is 13.2 Å². The maximum Gasteiger partial charge on any atom is 0.416 e. The van der Waals surface area contributed by atoms with E-state index in [0.29, 0.717) is 30.3 Å². The summed E-state index contributed by atoms with van der Waals surface area (Å²) < 4.78 is 48.4. The van der Waals surface area contributed by atoms with Gasteiger partial charge in [-0.15, -0.1) is 0 Å². The zero-order chi connectivity index (χ0) is 18.0. The second-order valence-electron chi connectivity index (χ2n) is 5.36. The molecule has 0 spiro atoms. The van der Waals surface area contributed by atoms with Crippen LogP contribution in [0.15, 0.2) is 36.4 Å². The van der Waals surface area contributed by atoms with Crippen LogP contribution in [0, 0.1) is 0 Å². The number of nitrogens with one attached hydrogen (secondary N) is 1. The Kier molecular flexibility index (Phi) is 4.76. The quantitative estimate of drug-likeness (QED) is 0.885. The van der Waals surface area contributed by atoms with E-state index in [4.69, 9.17) is 21.1 Å². The van der Waals surface area contributed by atoms with Gasteiger partial charge in [-0.05, 0) is 29.8 Å². The van der Waals surface area contributed by atoms with E-state index < -0.39 is 17.6 Å². The third kappa shape index (κ3) is 3.99. The molecule has 0 atom stereocenters. The Balaban J connectivity index is 1.68. The molecule has 1 heterocycles. The lowest BCUT2D eigenvalue weighted by atomic mass is 10.1. The van der Waals surface area contributed by atoms with Crippen molar-refractivity contribution in [1.82, 2.24) is 5.32 Å². The number of fused-ring (bicyclic) bond motifs is 1. The molecule has 0 aliphatic carbocycles. The molecule has 25 heavy (non-hydrogen) atoms. The zero-order valence-electron chi connectivity index (χ0n) is 12.8.